The maximum absolute atomic E-state index is 3.96. The highest BCUT2D eigenvalue weighted by Gasteiger charge is 2.14. The Labute approximate surface area is 119 Å². The lowest BCUT2D eigenvalue weighted by Gasteiger charge is -2.21. The molecule has 1 aliphatic rings. The van der Waals surface area contributed by atoms with Gasteiger partial charge < -0.3 is 10.2 Å². The predicted octanol–water partition coefficient (Wildman–Crippen LogP) is 1.67. The normalized spacial score (nSPS) is 14.9. The number of nitrogens with zero attached hydrogens (tertiary/aromatic N) is 4. The average Bonchev–Trinajstić information content (AvgIpc) is 3.17. The summed E-state index contributed by atoms with van der Waals surface area (Å²) in [5.74, 6) is 0. The summed E-state index contributed by atoms with van der Waals surface area (Å²) in [5.41, 5.74) is 2.77. The molecule has 106 valence electrons. The van der Waals surface area contributed by atoms with Crippen LogP contribution in [0.5, 0.6) is 0 Å². The van der Waals surface area contributed by atoms with E-state index in [9.17, 15) is 0 Å². The quantitative estimate of drug-likeness (QED) is 0.812. The van der Waals surface area contributed by atoms with Crippen molar-refractivity contribution in [2.45, 2.75) is 25.9 Å². The van der Waals surface area contributed by atoms with Crippen molar-refractivity contribution < 1.29 is 0 Å². The highest BCUT2D eigenvalue weighted by atomic mass is 15.4. The molecule has 3 rings (SSSR count). The summed E-state index contributed by atoms with van der Waals surface area (Å²) in [4.78, 5) is 2.49. The first-order chi connectivity index (χ1) is 9.93. The van der Waals surface area contributed by atoms with Gasteiger partial charge in [0.25, 0.3) is 0 Å². The minimum atomic E-state index is 0.853. The van der Waals surface area contributed by atoms with Crippen molar-refractivity contribution in [3.8, 4) is 0 Å². The average molecular weight is 271 g/mol. The van der Waals surface area contributed by atoms with E-state index in [1.807, 2.05) is 10.9 Å². The second kappa shape index (κ2) is 6.52. The molecule has 1 saturated heterocycles. The summed E-state index contributed by atoms with van der Waals surface area (Å²) in [5, 5.41) is 11.3. The highest BCUT2D eigenvalue weighted by molar-refractivity contribution is 5.54. The van der Waals surface area contributed by atoms with E-state index in [0.29, 0.717) is 0 Å². The fraction of sp³-hybridized carbons (Fsp3) is 0.467. The lowest BCUT2D eigenvalue weighted by atomic mass is 10.1. The molecule has 1 aromatic carbocycles. The van der Waals surface area contributed by atoms with Gasteiger partial charge in [-0.3, -0.25) is 4.68 Å². The maximum Gasteiger partial charge on any atom is 0.0692 e. The molecule has 0 aliphatic carbocycles. The summed E-state index contributed by atoms with van der Waals surface area (Å²) in [6.07, 6.45) is 6.23. The van der Waals surface area contributed by atoms with Gasteiger partial charge >= 0.3 is 0 Å². The molecule has 0 radical (unpaired) electrons. The molecule has 1 aliphatic heterocycles. The van der Waals surface area contributed by atoms with Crippen LogP contribution in [0.4, 0.5) is 5.69 Å². The largest absolute Gasteiger partial charge is 0.371 e. The first kappa shape index (κ1) is 13.1. The third-order valence-electron chi connectivity index (χ3n) is 3.74. The minimum absolute atomic E-state index is 0.853. The van der Waals surface area contributed by atoms with Gasteiger partial charge in [-0.05, 0) is 24.5 Å². The Balaban J connectivity index is 1.54. The van der Waals surface area contributed by atoms with Gasteiger partial charge in [-0.15, -0.1) is 5.10 Å². The number of hydrogen-bond acceptors (Lipinski definition) is 4. The Morgan fingerprint density at radius 2 is 2.00 bits per heavy atom. The molecule has 5 heteroatoms. The maximum atomic E-state index is 3.96. The molecule has 0 unspecified atom stereocenters. The lowest BCUT2D eigenvalue weighted by Crippen LogP contribution is -2.23. The molecule has 1 fully saturated rings. The molecule has 1 aromatic heterocycles. The monoisotopic (exact) mass is 271 g/mol. The van der Waals surface area contributed by atoms with Crippen LogP contribution in [0.25, 0.3) is 0 Å². The van der Waals surface area contributed by atoms with Gasteiger partial charge in [-0.2, -0.15) is 0 Å². The van der Waals surface area contributed by atoms with E-state index in [1.54, 1.807) is 6.20 Å². The number of anilines is 1. The van der Waals surface area contributed by atoms with Crippen LogP contribution in [0.3, 0.4) is 0 Å². The molecule has 2 heterocycles. The third-order valence-corrected chi connectivity index (χ3v) is 3.74. The van der Waals surface area contributed by atoms with Crippen LogP contribution in [0.2, 0.25) is 0 Å². The molecule has 1 N–H and O–H groups in total. The van der Waals surface area contributed by atoms with Crippen molar-refractivity contribution in [2.24, 2.45) is 0 Å². The van der Waals surface area contributed by atoms with Crippen molar-refractivity contribution in [1.82, 2.24) is 20.3 Å². The second-order valence-electron chi connectivity index (χ2n) is 5.17. The first-order valence-electron chi connectivity index (χ1n) is 7.31. The molecular weight excluding hydrogens is 250 g/mol. The Morgan fingerprint density at radius 3 is 2.80 bits per heavy atom. The molecule has 0 atom stereocenters. The summed E-state index contributed by atoms with van der Waals surface area (Å²) in [6.45, 7) is 5.04. The van der Waals surface area contributed by atoms with Gasteiger partial charge in [-0.25, -0.2) is 0 Å². The second-order valence-corrected chi connectivity index (χ2v) is 5.17. The van der Waals surface area contributed by atoms with Crippen molar-refractivity contribution in [3.05, 3.63) is 42.2 Å². The number of rotatable bonds is 6. The van der Waals surface area contributed by atoms with E-state index >= 15 is 0 Å². The summed E-state index contributed by atoms with van der Waals surface area (Å²) >= 11 is 0. The zero-order valence-corrected chi connectivity index (χ0v) is 11.7. The van der Waals surface area contributed by atoms with Crippen molar-refractivity contribution in [3.63, 3.8) is 0 Å². The molecule has 20 heavy (non-hydrogen) atoms. The summed E-state index contributed by atoms with van der Waals surface area (Å²) in [7, 11) is 0. The Hall–Kier alpha value is -1.88. The molecule has 0 bridgehead atoms. The molecule has 0 spiro atoms. The Morgan fingerprint density at radius 1 is 1.15 bits per heavy atom. The molecule has 0 amide bonds. The summed E-state index contributed by atoms with van der Waals surface area (Å²) in [6, 6.07) is 8.70. The van der Waals surface area contributed by atoms with Gasteiger partial charge in [0.05, 0.1) is 12.7 Å². The van der Waals surface area contributed by atoms with E-state index < -0.39 is 0 Å². The minimum Gasteiger partial charge on any atom is -0.371 e. The van der Waals surface area contributed by atoms with Gasteiger partial charge in [0.1, 0.15) is 0 Å². The zero-order chi connectivity index (χ0) is 13.6. The standard InChI is InChI=1S/C15H21N5/c1-2-6-15(19-9-3-4-10-19)14(5-1)13-16-7-11-20-12-8-17-18-20/h1-2,5-6,8,12,16H,3-4,7,9-11,13H2. The Bertz CT molecular complexity index is 517. The fourth-order valence-corrected chi connectivity index (χ4v) is 2.70. The molecule has 2 aromatic rings. The smallest absolute Gasteiger partial charge is 0.0692 e. The zero-order valence-electron chi connectivity index (χ0n) is 11.7. The third kappa shape index (κ3) is 3.17. The lowest BCUT2D eigenvalue weighted by molar-refractivity contribution is 0.540. The van der Waals surface area contributed by atoms with Gasteiger partial charge in [0, 0.05) is 38.1 Å². The van der Waals surface area contributed by atoms with Crippen molar-refractivity contribution >= 4 is 5.69 Å². The van der Waals surface area contributed by atoms with Crippen molar-refractivity contribution in [1.29, 1.82) is 0 Å². The molecule has 0 saturated carbocycles. The van der Waals surface area contributed by atoms with Crippen LogP contribution in [0.1, 0.15) is 18.4 Å². The SMILES string of the molecule is c1ccc(N2CCCC2)c(CNCCn2ccnn2)c1. The Kier molecular flexibility index (Phi) is 4.28. The predicted molar refractivity (Wildman–Crippen MR) is 79.6 cm³/mol. The number of para-hydroxylation sites is 1. The highest BCUT2D eigenvalue weighted by Crippen LogP contribution is 2.24. The van der Waals surface area contributed by atoms with Gasteiger partial charge in [0.2, 0.25) is 0 Å². The number of aromatic nitrogens is 3. The van der Waals surface area contributed by atoms with E-state index in [-0.39, 0.29) is 0 Å². The van der Waals surface area contributed by atoms with E-state index in [2.05, 4.69) is 44.8 Å². The van der Waals surface area contributed by atoms with Crippen molar-refractivity contribution in [2.75, 3.05) is 24.5 Å². The van der Waals surface area contributed by atoms with Crippen LogP contribution in [-0.2, 0) is 13.1 Å². The number of hydrogen-bond donors (Lipinski definition) is 1. The molecule has 5 nitrogen and oxygen atoms in total. The summed E-state index contributed by atoms with van der Waals surface area (Å²) < 4.78 is 1.85. The van der Waals surface area contributed by atoms with Gasteiger partial charge in [0.15, 0.2) is 0 Å². The van der Waals surface area contributed by atoms with Crippen LogP contribution in [-0.4, -0.2) is 34.6 Å². The van der Waals surface area contributed by atoms with Crippen LogP contribution in [0.15, 0.2) is 36.7 Å². The van der Waals surface area contributed by atoms with E-state index in [4.69, 9.17) is 0 Å². The number of benzene rings is 1. The van der Waals surface area contributed by atoms with Crippen LogP contribution in [0, 0.1) is 0 Å². The molecular formula is C15H21N5. The van der Waals surface area contributed by atoms with Gasteiger partial charge in [-0.1, -0.05) is 23.4 Å². The first-order valence-corrected chi connectivity index (χ1v) is 7.31. The van der Waals surface area contributed by atoms with E-state index in [1.165, 1.54) is 37.2 Å². The number of nitrogens with one attached hydrogen (secondary N) is 1. The van der Waals surface area contributed by atoms with Crippen LogP contribution < -0.4 is 10.2 Å². The van der Waals surface area contributed by atoms with Crippen LogP contribution >= 0.6 is 0 Å². The van der Waals surface area contributed by atoms with E-state index in [0.717, 1.165) is 19.6 Å². The topological polar surface area (TPSA) is 46.0 Å². The fourth-order valence-electron chi connectivity index (χ4n) is 2.70.